The van der Waals surface area contributed by atoms with Gasteiger partial charge in [0, 0.05) is 35.9 Å². The number of esters is 1. The molecule has 0 fully saturated rings. The largest absolute Gasteiger partial charge is 0.452 e. The maximum absolute atomic E-state index is 12.6. The lowest BCUT2D eigenvalue weighted by atomic mass is 10.2. The SMILES string of the molecule is CCN(CC)S(=O)(=O)c1ccc(NC(=O)COC(=O)c2cc(C)n(-c3ccccc3)c2C)cc1. The number of hydrogen-bond acceptors (Lipinski definition) is 5. The number of aryl methyl sites for hydroxylation is 1. The van der Waals surface area contributed by atoms with E-state index in [9.17, 15) is 18.0 Å². The Morgan fingerprint density at radius 1 is 0.971 bits per heavy atom. The highest BCUT2D eigenvalue weighted by Gasteiger charge is 2.22. The molecule has 9 heteroatoms. The van der Waals surface area contributed by atoms with Crippen LogP contribution in [0.2, 0.25) is 0 Å². The van der Waals surface area contributed by atoms with E-state index in [-0.39, 0.29) is 4.90 Å². The number of hydrogen-bond donors (Lipinski definition) is 1. The Morgan fingerprint density at radius 3 is 2.18 bits per heavy atom. The fraction of sp³-hybridized carbons (Fsp3) is 0.280. The van der Waals surface area contributed by atoms with Crippen LogP contribution in [0.5, 0.6) is 0 Å². The molecule has 0 aliphatic heterocycles. The van der Waals surface area contributed by atoms with Crippen LogP contribution >= 0.6 is 0 Å². The van der Waals surface area contributed by atoms with E-state index in [1.165, 1.54) is 28.6 Å². The number of nitrogens with one attached hydrogen (secondary N) is 1. The molecule has 3 aromatic rings. The summed E-state index contributed by atoms with van der Waals surface area (Å²) in [7, 11) is -3.58. The van der Waals surface area contributed by atoms with Crippen LogP contribution in [0.4, 0.5) is 5.69 Å². The molecule has 0 aliphatic rings. The molecule has 0 bridgehead atoms. The lowest BCUT2D eigenvalue weighted by Crippen LogP contribution is -2.30. The highest BCUT2D eigenvalue weighted by molar-refractivity contribution is 7.89. The number of anilines is 1. The molecule has 0 saturated heterocycles. The maximum atomic E-state index is 12.6. The third-order valence-corrected chi connectivity index (χ3v) is 7.55. The summed E-state index contributed by atoms with van der Waals surface area (Å²) in [5, 5.41) is 2.61. The third kappa shape index (κ3) is 5.37. The van der Waals surface area contributed by atoms with Gasteiger partial charge in [-0.15, -0.1) is 0 Å². The standard InChI is InChI=1S/C25H29N3O5S/c1-5-27(6-2)34(31,32)22-14-12-20(13-15-22)26-24(29)17-33-25(30)23-16-18(3)28(19(23)4)21-10-8-7-9-11-21/h7-16H,5-6,17H2,1-4H3,(H,26,29). The van der Waals surface area contributed by atoms with E-state index in [1.54, 1.807) is 19.9 Å². The topological polar surface area (TPSA) is 97.7 Å². The molecule has 34 heavy (non-hydrogen) atoms. The first-order chi connectivity index (χ1) is 16.2. The molecule has 0 unspecified atom stereocenters. The zero-order valence-electron chi connectivity index (χ0n) is 19.7. The first kappa shape index (κ1) is 25.2. The second kappa shape index (κ2) is 10.7. The fourth-order valence-corrected chi connectivity index (χ4v) is 5.23. The van der Waals surface area contributed by atoms with E-state index in [2.05, 4.69) is 5.32 Å². The van der Waals surface area contributed by atoms with Gasteiger partial charge in [-0.05, 0) is 56.3 Å². The van der Waals surface area contributed by atoms with Gasteiger partial charge in [0.2, 0.25) is 10.0 Å². The van der Waals surface area contributed by atoms with Crippen molar-refractivity contribution in [3.8, 4) is 5.69 Å². The quantitative estimate of drug-likeness (QED) is 0.465. The van der Waals surface area contributed by atoms with Crippen molar-refractivity contribution in [2.75, 3.05) is 25.0 Å². The summed E-state index contributed by atoms with van der Waals surface area (Å²) in [5.74, 6) is -1.12. The number of carbonyl (C=O) groups excluding carboxylic acids is 2. The Hall–Kier alpha value is -3.43. The van der Waals surface area contributed by atoms with E-state index in [0.717, 1.165) is 17.1 Å². The van der Waals surface area contributed by atoms with Gasteiger partial charge >= 0.3 is 5.97 Å². The van der Waals surface area contributed by atoms with Crippen molar-refractivity contribution < 1.29 is 22.7 Å². The molecule has 3 rings (SSSR count). The molecule has 1 amide bonds. The first-order valence-corrected chi connectivity index (χ1v) is 12.4. The minimum atomic E-state index is -3.58. The average Bonchev–Trinajstić information content (AvgIpc) is 3.13. The van der Waals surface area contributed by atoms with Crippen molar-refractivity contribution in [3.05, 3.63) is 77.6 Å². The number of carbonyl (C=O) groups is 2. The van der Waals surface area contributed by atoms with Gasteiger partial charge in [-0.25, -0.2) is 13.2 Å². The zero-order chi connectivity index (χ0) is 24.9. The van der Waals surface area contributed by atoms with Crippen LogP contribution in [-0.4, -0.2) is 48.9 Å². The van der Waals surface area contributed by atoms with Crippen molar-refractivity contribution in [1.29, 1.82) is 0 Å². The summed E-state index contributed by atoms with van der Waals surface area (Å²) in [6.45, 7) is 7.55. The van der Waals surface area contributed by atoms with Crippen LogP contribution in [0.25, 0.3) is 5.69 Å². The summed E-state index contributed by atoms with van der Waals surface area (Å²) < 4.78 is 33.7. The highest BCUT2D eigenvalue weighted by atomic mass is 32.2. The summed E-state index contributed by atoms with van der Waals surface area (Å²) in [6, 6.07) is 17.3. The van der Waals surface area contributed by atoms with Crippen LogP contribution in [0.15, 0.2) is 65.6 Å². The van der Waals surface area contributed by atoms with Crippen LogP contribution in [-0.2, 0) is 19.6 Å². The molecule has 0 radical (unpaired) electrons. The predicted octanol–water partition coefficient (Wildman–Crippen LogP) is 3.92. The van der Waals surface area contributed by atoms with Crippen LogP contribution in [0.1, 0.15) is 35.6 Å². The lowest BCUT2D eigenvalue weighted by molar-refractivity contribution is -0.119. The molecular formula is C25H29N3O5S. The number of amides is 1. The van der Waals surface area contributed by atoms with Gasteiger partial charge in [-0.2, -0.15) is 4.31 Å². The molecule has 0 aliphatic carbocycles. The maximum Gasteiger partial charge on any atom is 0.340 e. The van der Waals surface area contributed by atoms with Crippen molar-refractivity contribution in [2.45, 2.75) is 32.6 Å². The number of nitrogens with zero attached hydrogens (tertiary/aromatic N) is 2. The smallest absolute Gasteiger partial charge is 0.340 e. The van der Waals surface area contributed by atoms with Gasteiger partial charge in [-0.3, -0.25) is 4.79 Å². The molecule has 0 atom stereocenters. The van der Waals surface area contributed by atoms with Crippen LogP contribution < -0.4 is 5.32 Å². The third-order valence-electron chi connectivity index (χ3n) is 5.48. The minimum Gasteiger partial charge on any atom is -0.452 e. The van der Waals surface area contributed by atoms with Gasteiger partial charge in [0.05, 0.1) is 10.5 Å². The molecule has 2 aromatic carbocycles. The summed E-state index contributed by atoms with van der Waals surface area (Å²) in [5.41, 5.74) is 3.32. The summed E-state index contributed by atoms with van der Waals surface area (Å²) in [6.07, 6.45) is 0. The zero-order valence-corrected chi connectivity index (χ0v) is 20.6. The number of para-hydroxylation sites is 1. The predicted molar refractivity (Wildman–Crippen MR) is 131 cm³/mol. The van der Waals surface area contributed by atoms with Gasteiger partial charge in [0.25, 0.3) is 5.91 Å². The minimum absolute atomic E-state index is 0.148. The molecule has 0 saturated carbocycles. The number of sulfonamides is 1. The number of ether oxygens (including phenoxy) is 1. The van der Waals surface area contributed by atoms with Crippen molar-refractivity contribution in [2.24, 2.45) is 0 Å². The van der Waals surface area contributed by atoms with Gasteiger partial charge in [0.1, 0.15) is 0 Å². The van der Waals surface area contributed by atoms with Crippen molar-refractivity contribution in [3.63, 3.8) is 0 Å². The molecular weight excluding hydrogens is 454 g/mol. The highest BCUT2D eigenvalue weighted by Crippen LogP contribution is 2.22. The fourth-order valence-electron chi connectivity index (χ4n) is 3.77. The van der Waals surface area contributed by atoms with E-state index < -0.39 is 28.5 Å². The second-order valence-corrected chi connectivity index (χ2v) is 9.63. The van der Waals surface area contributed by atoms with E-state index in [0.29, 0.717) is 24.3 Å². The Kier molecular flexibility index (Phi) is 7.90. The van der Waals surface area contributed by atoms with Crippen LogP contribution in [0, 0.1) is 13.8 Å². The summed E-state index contributed by atoms with van der Waals surface area (Å²) in [4.78, 5) is 25.0. The van der Waals surface area contributed by atoms with E-state index in [1.807, 2.05) is 48.7 Å². The lowest BCUT2D eigenvalue weighted by Gasteiger charge is -2.18. The average molecular weight is 484 g/mol. The molecule has 0 spiro atoms. The molecule has 1 N–H and O–H groups in total. The molecule has 180 valence electrons. The van der Waals surface area contributed by atoms with Gasteiger partial charge < -0.3 is 14.6 Å². The number of aromatic nitrogens is 1. The Morgan fingerprint density at radius 2 is 1.59 bits per heavy atom. The Balaban J connectivity index is 1.62. The molecule has 1 heterocycles. The Labute approximate surface area is 200 Å². The first-order valence-electron chi connectivity index (χ1n) is 11.0. The normalized spacial score (nSPS) is 11.4. The second-order valence-electron chi connectivity index (χ2n) is 7.69. The molecule has 8 nitrogen and oxygen atoms in total. The van der Waals surface area contributed by atoms with Gasteiger partial charge in [-0.1, -0.05) is 32.0 Å². The molecule has 1 aromatic heterocycles. The summed E-state index contributed by atoms with van der Waals surface area (Å²) >= 11 is 0. The Bertz CT molecular complexity index is 1260. The number of rotatable bonds is 9. The van der Waals surface area contributed by atoms with E-state index in [4.69, 9.17) is 4.74 Å². The van der Waals surface area contributed by atoms with Crippen molar-refractivity contribution in [1.82, 2.24) is 8.87 Å². The van der Waals surface area contributed by atoms with Crippen molar-refractivity contribution >= 4 is 27.6 Å². The van der Waals surface area contributed by atoms with Crippen LogP contribution in [0.3, 0.4) is 0 Å². The van der Waals surface area contributed by atoms with E-state index >= 15 is 0 Å². The van der Waals surface area contributed by atoms with Gasteiger partial charge in [0.15, 0.2) is 6.61 Å². The number of benzene rings is 2. The monoisotopic (exact) mass is 483 g/mol.